The van der Waals surface area contributed by atoms with Crippen LogP contribution in [-0.2, 0) is 12.5 Å². The predicted octanol–water partition coefficient (Wildman–Crippen LogP) is 10.8. The lowest BCUT2D eigenvalue weighted by molar-refractivity contribution is 0.476. The fourth-order valence-electron chi connectivity index (χ4n) is 6.42. The second-order valence-corrected chi connectivity index (χ2v) is 13.2. The zero-order valence-corrected chi connectivity index (χ0v) is 27.6. The van der Waals surface area contributed by atoms with Crippen molar-refractivity contribution in [2.75, 3.05) is 0 Å². The number of aromatic nitrogens is 3. The molecule has 7 rings (SSSR count). The molecule has 0 radical (unpaired) electrons. The average Bonchev–Trinajstić information content (AvgIpc) is 3.44. The Kier molecular flexibility index (Phi) is 7.73. The number of phenols is 1. The summed E-state index contributed by atoms with van der Waals surface area (Å²) < 4.78 is 2.11. The van der Waals surface area contributed by atoms with Gasteiger partial charge in [-0.05, 0) is 75.7 Å². The zero-order valence-electron chi connectivity index (χ0n) is 27.6. The molecule has 0 atom stereocenters. The van der Waals surface area contributed by atoms with Crippen molar-refractivity contribution in [3.05, 3.63) is 150 Å². The molecule has 2 heterocycles. The van der Waals surface area contributed by atoms with Crippen LogP contribution in [0.4, 0.5) is 0 Å². The molecule has 0 unspecified atom stereocenters. The van der Waals surface area contributed by atoms with Crippen molar-refractivity contribution < 1.29 is 5.11 Å². The molecule has 47 heavy (non-hydrogen) atoms. The van der Waals surface area contributed by atoms with Gasteiger partial charge in [-0.25, -0.2) is 4.98 Å². The summed E-state index contributed by atoms with van der Waals surface area (Å²) in [7, 11) is 2.04. The third kappa shape index (κ3) is 5.61. The van der Waals surface area contributed by atoms with E-state index in [1.807, 2.05) is 43.6 Å². The van der Waals surface area contributed by atoms with Crippen LogP contribution in [0.15, 0.2) is 134 Å². The molecule has 5 aromatic carbocycles. The predicted molar refractivity (Wildman–Crippen MR) is 195 cm³/mol. The maximum atomic E-state index is 11.2. The Morgan fingerprint density at radius 1 is 0.638 bits per heavy atom. The lowest BCUT2D eigenvalue weighted by Gasteiger charge is -2.27. The summed E-state index contributed by atoms with van der Waals surface area (Å²) in [5, 5.41) is 11.2. The standard InChI is InChI=1S/C43H39N3O/c1-28(2)33-19-21-38(44-27-33)32-16-12-15-31(23-32)36-25-35(43(3,4)34-17-10-7-11-18-34)26-39-41(36)45-42(46(39)5)37-24-30(20-22-40(37)47)29-13-8-6-9-14-29/h6-28,47H,1-5H3. The summed E-state index contributed by atoms with van der Waals surface area (Å²) in [4.78, 5) is 10.1. The summed E-state index contributed by atoms with van der Waals surface area (Å²) in [6.45, 7) is 8.92. The second-order valence-electron chi connectivity index (χ2n) is 13.2. The average molecular weight is 614 g/mol. The third-order valence-electron chi connectivity index (χ3n) is 9.47. The molecule has 0 spiro atoms. The highest BCUT2D eigenvalue weighted by molar-refractivity contribution is 5.96. The molecule has 0 bridgehead atoms. The van der Waals surface area contributed by atoms with E-state index in [0.29, 0.717) is 17.3 Å². The van der Waals surface area contributed by atoms with E-state index >= 15 is 0 Å². The van der Waals surface area contributed by atoms with Crippen LogP contribution in [0.25, 0.3) is 55.9 Å². The largest absolute Gasteiger partial charge is 0.507 e. The van der Waals surface area contributed by atoms with E-state index in [1.54, 1.807) is 6.07 Å². The molecule has 4 nitrogen and oxygen atoms in total. The third-order valence-corrected chi connectivity index (χ3v) is 9.47. The van der Waals surface area contributed by atoms with Crippen molar-refractivity contribution in [3.63, 3.8) is 0 Å². The van der Waals surface area contributed by atoms with Gasteiger partial charge >= 0.3 is 0 Å². The van der Waals surface area contributed by atoms with E-state index < -0.39 is 0 Å². The molecule has 0 amide bonds. The van der Waals surface area contributed by atoms with Crippen molar-refractivity contribution in [1.82, 2.24) is 14.5 Å². The molecule has 0 aliphatic carbocycles. The van der Waals surface area contributed by atoms with Crippen LogP contribution in [0.1, 0.15) is 50.3 Å². The van der Waals surface area contributed by atoms with E-state index in [-0.39, 0.29) is 11.2 Å². The van der Waals surface area contributed by atoms with Gasteiger partial charge in [-0.15, -0.1) is 0 Å². The quantitative estimate of drug-likeness (QED) is 0.195. The van der Waals surface area contributed by atoms with Crippen LogP contribution < -0.4 is 0 Å². The van der Waals surface area contributed by atoms with Gasteiger partial charge in [-0.2, -0.15) is 0 Å². The molecule has 7 aromatic rings. The van der Waals surface area contributed by atoms with Crippen LogP contribution in [0.2, 0.25) is 0 Å². The Balaban J connectivity index is 1.44. The van der Waals surface area contributed by atoms with Gasteiger partial charge in [0.25, 0.3) is 0 Å². The highest BCUT2D eigenvalue weighted by Gasteiger charge is 2.27. The Bertz CT molecular complexity index is 2200. The van der Waals surface area contributed by atoms with Gasteiger partial charge in [-0.3, -0.25) is 4.98 Å². The number of aromatic hydroxyl groups is 1. The number of aryl methyl sites for hydroxylation is 1. The molecule has 232 valence electrons. The molecule has 2 aromatic heterocycles. The Morgan fingerprint density at radius 2 is 1.34 bits per heavy atom. The van der Waals surface area contributed by atoms with Crippen molar-refractivity contribution >= 4 is 11.0 Å². The normalized spacial score (nSPS) is 11.8. The zero-order chi connectivity index (χ0) is 32.7. The number of hydrogen-bond acceptors (Lipinski definition) is 3. The minimum absolute atomic E-state index is 0.201. The fourth-order valence-corrected chi connectivity index (χ4v) is 6.42. The van der Waals surface area contributed by atoms with Gasteiger partial charge < -0.3 is 9.67 Å². The molecule has 1 N–H and O–H groups in total. The second kappa shape index (κ2) is 12.0. The van der Waals surface area contributed by atoms with Crippen molar-refractivity contribution in [1.29, 1.82) is 0 Å². The first-order valence-electron chi connectivity index (χ1n) is 16.2. The summed E-state index contributed by atoms with van der Waals surface area (Å²) in [5.41, 5.74) is 12.2. The summed E-state index contributed by atoms with van der Waals surface area (Å²) in [5.74, 6) is 1.35. The Labute approximate surface area is 277 Å². The number of hydrogen-bond donors (Lipinski definition) is 1. The van der Waals surface area contributed by atoms with E-state index in [4.69, 9.17) is 9.97 Å². The molecule has 0 fully saturated rings. The number of phenolic OH excluding ortho intramolecular Hbond substituents is 1. The van der Waals surface area contributed by atoms with Crippen LogP contribution in [0, 0.1) is 0 Å². The first-order chi connectivity index (χ1) is 22.7. The molecular weight excluding hydrogens is 574 g/mol. The minimum Gasteiger partial charge on any atom is -0.507 e. The lowest BCUT2D eigenvalue weighted by atomic mass is 9.77. The summed E-state index contributed by atoms with van der Waals surface area (Å²) in [6.07, 6.45) is 1.98. The molecule has 0 aliphatic rings. The molecule has 0 saturated carbocycles. The molecule has 4 heteroatoms. The van der Waals surface area contributed by atoms with Gasteiger partial charge in [0.05, 0.1) is 22.3 Å². The highest BCUT2D eigenvalue weighted by Crippen LogP contribution is 2.41. The van der Waals surface area contributed by atoms with Crippen LogP contribution in [-0.4, -0.2) is 19.6 Å². The van der Waals surface area contributed by atoms with Gasteiger partial charge in [-0.1, -0.05) is 119 Å². The maximum absolute atomic E-state index is 11.2. The monoisotopic (exact) mass is 613 g/mol. The van der Waals surface area contributed by atoms with Crippen molar-refractivity contribution in [2.24, 2.45) is 7.05 Å². The summed E-state index contributed by atoms with van der Waals surface area (Å²) >= 11 is 0. The van der Waals surface area contributed by atoms with Crippen LogP contribution in [0.3, 0.4) is 0 Å². The van der Waals surface area contributed by atoms with Crippen molar-refractivity contribution in [2.45, 2.75) is 39.0 Å². The van der Waals surface area contributed by atoms with Gasteiger partial charge in [0.15, 0.2) is 0 Å². The smallest absolute Gasteiger partial charge is 0.144 e. The molecular formula is C43H39N3O. The van der Waals surface area contributed by atoms with Crippen LogP contribution in [0.5, 0.6) is 5.75 Å². The molecule has 0 aliphatic heterocycles. The highest BCUT2D eigenvalue weighted by atomic mass is 16.3. The number of pyridine rings is 1. The maximum Gasteiger partial charge on any atom is 0.144 e. The van der Waals surface area contributed by atoms with Gasteiger partial charge in [0.1, 0.15) is 11.6 Å². The van der Waals surface area contributed by atoms with Crippen LogP contribution >= 0.6 is 0 Å². The van der Waals surface area contributed by atoms with E-state index in [1.165, 1.54) is 16.7 Å². The number of rotatable bonds is 7. The number of fused-ring (bicyclic) bond motifs is 1. The Hall–Kier alpha value is -5.48. The molecule has 0 saturated heterocycles. The minimum atomic E-state index is -0.268. The topological polar surface area (TPSA) is 50.9 Å². The Morgan fingerprint density at radius 3 is 2.04 bits per heavy atom. The van der Waals surface area contributed by atoms with Gasteiger partial charge in [0, 0.05) is 29.8 Å². The van der Waals surface area contributed by atoms with E-state index in [2.05, 4.69) is 123 Å². The SMILES string of the molecule is CC(C)c1ccc(-c2cccc(-c3cc(C(C)(C)c4ccccc4)cc4c3nc(-c3cc(-c5ccccc5)ccc3O)n4C)c2)nc1. The number of imidazole rings is 1. The fraction of sp³-hybridized carbons (Fsp3) is 0.163. The number of benzene rings is 5. The van der Waals surface area contributed by atoms with Gasteiger partial charge in [0.2, 0.25) is 0 Å². The first kappa shape index (κ1) is 30.2. The lowest BCUT2D eigenvalue weighted by Crippen LogP contribution is -2.19. The number of nitrogens with zero attached hydrogens (tertiary/aromatic N) is 3. The van der Waals surface area contributed by atoms with E-state index in [9.17, 15) is 5.11 Å². The van der Waals surface area contributed by atoms with E-state index in [0.717, 1.165) is 44.5 Å². The first-order valence-corrected chi connectivity index (χ1v) is 16.2. The van der Waals surface area contributed by atoms with Crippen molar-refractivity contribution in [3.8, 4) is 50.6 Å². The summed E-state index contributed by atoms with van der Waals surface area (Å²) in [6, 6.07) is 44.1.